The van der Waals surface area contributed by atoms with Gasteiger partial charge in [0.25, 0.3) is 0 Å². The fourth-order valence-corrected chi connectivity index (χ4v) is 1.90. The van der Waals surface area contributed by atoms with Gasteiger partial charge in [-0.2, -0.15) is 0 Å². The molecule has 0 N–H and O–H groups in total. The molecule has 0 bridgehead atoms. The zero-order chi connectivity index (χ0) is 14.0. The number of hydrogen-bond acceptors (Lipinski definition) is 5. The van der Waals surface area contributed by atoms with Crippen LogP contribution in [0.5, 0.6) is 0 Å². The van der Waals surface area contributed by atoms with Gasteiger partial charge in [-0.1, -0.05) is 71.1 Å². The van der Waals surface area contributed by atoms with Gasteiger partial charge >= 0.3 is 0 Å². The van der Waals surface area contributed by atoms with Crippen molar-refractivity contribution >= 4 is 0 Å². The lowest BCUT2D eigenvalue weighted by atomic mass is 10.1. The second-order valence-corrected chi connectivity index (χ2v) is 4.63. The quantitative estimate of drug-likeness (QED) is 0.238. The third-order valence-corrected chi connectivity index (χ3v) is 2.96. The minimum Gasteiger partial charge on any atom is -0.204 e. The van der Waals surface area contributed by atoms with E-state index >= 15 is 0 Å². The monoisotopic (exact) mass is 279 g/mol. The van der Waals surface area contributed by atoms with E-state index in [1.807, 2.05) is 0 Å². The van der Waals surface area contributed by atoms with Crippen molar-refractivity contribution in [1.82, 2.24) is 0 Å². The Labute approximate surface area is 115 Å². The van der Waals surface area contributed by atoms with Crippen LogP contribution >= 0.6 is 0 Å². The molecule has 0 spiro atoms. The van der Waals surface area contributed by atoms with E-state index in [9.17, 15) is 5.26 Å². The normalized spacial score (nSPS) is 11.1. The third kappa shape index (κ3) is 17.8. The van der Waals surface area contributed by atoms with Crippen LogP contribution in [0.2, 0.25) is 0 Å². The van der Waals surface area contributed by atoms with Crippen LogP contribution in [0.3, 0.4) is 0 Å². The zero-order valence-electron chi connectivity index (χ0n) is 11.9. The Morgan fingerprint density at radius 1 is 0.632 bits per heavy atom. The number of hydrogen-bond donors (Lipinski definition) is 0. The predicted octanol–water partition coefficient (Wildman–Crippen LogP) is 4.39. The molecule has 0 saturated carbocycles. The first kappa shape index (κ1) is 18.8. The van der Waals surface area contributed by atoms with E-state index in [0.717, 1.165) is 12.8 Å². The Hall–Kier alpha value is -0.240. The van der Waals surface area contributed by atoms with E-state index in [4.69, 9.17) is 0 Å². The van der Waals surface area contributed by atoms with Crippen LogP contribution in [0.15, 0.2) is 0 Å². The maximum absolute atomic E-state index is 9.28. The van der Waals surface area contributed by atoms with Gasteiger partial charge in [0.05, 0.1) is 6.61 Å². The summed E-state index contributed by atoms with van der Waals surface area (Å²) in [7, 11) is 0. The van der Waals surface area contributed by atoms with Crippen molar-refractivity contribution in [2.75, 3.05) is 6.61 Å². The van der Waals surface area contributed by atoms with E-state index in [1.54, 1.807) is 0 Å². The van der Waals surface area contributed by atoms with Gasteiger partial charge in [0.15, 0.2) is 0 Å². The Morgan fingerprint density at radius 3 is 1.68 bits per heavy atom. The molecule has 0 amide bonds. The van der Waals surface area contributed by atoms with Crippen molar-refractivity contribution in [3.63, 3.8) is 0 Å². The minimum atomic E-state index is 0.402. The van der Waals surface area contributed by atoms with Gasteiger partial charge in [-0.25, -0.2) is 4.89 Å². The van der Waals surface area contributed by atoms with E-state index in [2.05, 4.69) is 32.0 Å². The average Bonchev–Trinajstić information content (AvgIpc) is 2.43. The van der Waals surface area contributed by atoms with Crippen LogP contribution in [0, 0.1) is 0 Å². The van der Waals surface area contributed by atoms with E-state index in [-0.39, 0.29) is 0 Å². The summed E-state index contributed by atoms with van der Waals surface area (Å²) in [6.45, 7) is 2.64. The molecule has 0 aromatic rings. The lowest BCUT2D eigenvalue weighted by Crippen LogP contribution is -1.99. The van der Waals surface area contributed by atoms with Gasteiger partial charge in [0.1, 0.15) is 0 Å². The SMILES string of the molecule is CCCCCCCCCCCCCOOOOO[O]. The van der Waals surface area contributed by atoms with Crippen LogP contribution in [0.1, 0.15) is 77.6 Å². The van der Waals surface area contributed by atoms with Gasteiger partial charge in [0, 0.05) is 0 Å². The largest absolute Gasteiger partial charge is 0.204 e. The Balaban J connectivity index is 2.88. The highest BCUT2D eigenvalue weighted by molar-refractivity contribution is 4.47. The highest BCUT2D eigenvalue weighted by atomic mass is 17.8. The van der Waals surface area contributed by atoms with Crippen molar-refractivity contribution in [3.8, 4) is 0 Å². The molecule has 0 aromatic carbocycles. The molecule has 0 aromatic heterocycles. The van der Waals surface area contributed by atoms with E-state index < -0.39 is 0 Å². The molecule has 0 heterocycles. The lowest BCUT2D eigenvalue weighted by Gasteiger charge is -2.02. The molecule has 115 valence electrons. The second-order valence-electron chi connectivity index (χ2n) is 4.63. The summed E-state index contributed by atoms with van der Waals surface area (Å²) in [6, 6.07) is 0. The van der Waals surface area contributed by atoms with Gasteiger partial charge in [-0.3, -0.25) is 0 Å². The van der Waals surface area contributed by atoms with Crippen LogP contribution in [0.25, 0.3) is 0 Å². The second kappa shape index (κ2) is 17.8. The Morgan fingerprint density at radius 2 is 1.16 bits per heavy atom. The average molecular weight is 279 g/mol. The van der Waals surface area contributed by atoms with Crippen molar-refractivity contribution in [2.45, 2.75) is 77.6 Å². The third-order valence-electron chi connectivity index (χ3n) is 2.96. The molecule has 6 nitrogen and oxygen atoms in total. The minimum absolute atomic E-state index is 0.402. The van der Waals surface area contributed by atoms with Crippen LogP contribution in [-0.4, -0.2) is 6.61 Å². The smallest absolute Gasteiger partial charge is 0.0855 e. The molecule has 0 aliphatic heterocycles. The predicted molar refractivity (Wildman–Crippen MR) is 67.4 cm³/mol. The summed E-state index contributed by atoms with van der Waals surface area (Å²) in [5.41, 5.74) is 0. The first-order chi connectivity index (χ1) is 9.41. The van der Waals surface area contributed by atoms with Gasteiger partial charge < -0.3 is 0 Å². The highest BCUT2D eigenvalue weighted by Crippen LogP contribution is 2.11. The zero-order valence-corrected chi connectivity index (χ0v) is 11.9. The van der Waals surface area contributed by atoms with E-state index in [1.165, 1.54) is 57.8 Å². The standard InChI is InChI=1S/C13H27O6/c1-2-3-4-5-6-7-8-9-10-11-12-13-15-17-19-18-16-14/h2-13H2,1H3. The molecule has 0 aliphatic rings. The summed E-state index contributed by atoms with van der Waals surface area (Å²) in [5, 5.41) is 23.3. The lowest BCUT2D eigenvalue weighted by molar-refractivity contribution is -0.763. The van der Waals surface area contributed by atoms with Crippen LogP contribution < -0.4 is 0 Å². The molecule has 0 unspecified atom stereocenters. The van der Waals surface area contributed by atoms with Gasteiger partial charge in [0.2, 0.25) is 0 Å². The van der Waals surface area contributed by atoms with Crippen molar-refractivity contribution in [1.29, 1.82) is 0 Å². The first-order valence-corrected chi connectivity index (χ1v) is 7.33. The first-order valence-electron chi connectivity index (χ1n) is 7.33. The van der Waals surface area contributed by atoms with Crippen molar-refractivity contribution < 1.29 is 30.3 Å². The van der Waals surface area contributed by atoms with Crippen LogP contribution in [-0.2, 0) is 30.3 Å². The van der Waals surface area contributed by atoms with E-state index in [0.29, 0.717) is 6.61 Å². The summed E-state index contributed by atoms with van der Waals surface area (Å²) in [4.78, 5) is 4.55. The molecule has 0 rings (SSSR count). The number of rotatable bonds is 16. The molecule has 1 radical (unpaired) electrons. The molecule has 0 saturated heterocycles. The Bertz CT molecular complexity index is 140. The molecule has 19 heavy (non-hydrogen) atoms. The molecule has 0 atom stereocenters. The number of unbranched alkanes of at least 4 members (excludes halogenated alkanes) is 10. The summed E-state index contributed by atoms with van der Waals surface area (Å²) < 4.78 is 0. The summed E-state index contributed by atoms with van der Waals surface area (Å²) in [6.07, 6.45) is 14.0. The molecule has 6 heteroatoms. The molecule has 0 fully saturated rings. The van der Waals surface area contributed by atoms with Gasteiger partial charge in [-0.15, -0.1) is 0 Å². The highest BCUT2D eigenvalue weighted by Gasteiger charge is 1.95. The molecular weight excluding hydrogens is 252 g/mol. The van der Waals surface area contributed by atoms with Gasteiger partial charge in [-0.05, 0) is 31.8 Å². The topological polar surface area (TPSA) is 66.1 Å². The summed E-state index contributed by atoms with van der Waals surface area (Å²) in [5.74, 6) is 0. The van der Waals surface area contributed by atoms with Crippen molar-refractivity contribution in [3.05, 3.63) is 0 Å². The fourth-order valence-electron chi connectivity index (χ4n) is 1.90. The fraction of sp³-hybridized carbons (Fsp3) is 1.00. The van der Waals surface area contributed by atoms with Crippen LogP contribution in [0.4, 0.5) is 0 Å². The van der Waals surface area contributed by atoms with Crippen molar-refractivity contribution in [2.24, 2.45) is 0 Å². The molecular formula is C13H27O6. The maximum Gasteiger partial charge on any atom is 0.0855 e. The Kier molecular flexibility index (Phi) is 17.5. The summed E-state index contributed by atoms with van der Waals surface area (Å²) >= 11 is 0. The molecule has 0 aliphatic carbocycles. The maximum atomic E-state index is 9.28.